The van der Waals surface area contributed by atoms with Crippen LogP contribution in [0.3, 0.4) is 0 Å². The van der Waals surface area contributed by atoms with Crippen molar-refractivity contribution in [2.45, 2.75) is 13.1 Å². The van der Waals surface area contributed by atoms with Crippen LogP contribution in [0.25, 0.3) is 11.0 Å². The van der Waals surface area contributed by atoms with Gasteiger partial charge in [-0.1, -0.05) is 29.5 Å². The van der Waals surface area contributed by atoms with Gasteiger partial charge in [-0.05, 0) is 42.8 Å². The number of ether oxygens (including phenoxy) is 2. The molecule has 2 aromatic heterocycles. The molecule has 8 nitrogen and oxygen atoms in total. The van der Waals surface area contributed by atoms with Gasteiger partial charge in [-0.3, -0.25) is 9.59 Å². The van der Waals surface area contributed by atoms with E-state index in [1.54, 1.807) is 31.2 Å². The number of halogens is 3. The summed E-state index contributed by atoms with van der Waals surface area (Å²) in [6.07, 6.45) is -1.66. The quantitative estimate of drug-likeness (QED) is 0.428. The van der Waals surface area contributed by atoms with Crippen LogP contribution in [0.4, 0.5) is 18.9 Å². The SMILES string of the molecule is CCOc1cc(/C=c2\sc3ncnn3c2=O)ccc1OCC(=O)Nc1ccccc1C(F)(F)F. The van der Waals surface area contributed by atoms with E-state index in [0.29, 0.717) is 27.4 Å². The number of hydrogen-bond acceptors (Lipinski definition) is 7. The summed E-state index contributed by atoms with van der Waals surface area (Å²) in [5, 5.41) is 6.09. The molecule has 12 heteroatoms. The summed E-state index contributed by atoms with van der Waals surface area (Å²) in [5.41, 5.74) is -0.969. The van der Waals surface area contributed by atoms with Crippen molar-refractivity contribution in [2.75, 3.05) is 18.5 Å². The third-order valence-corrected chi connectivity index (χ3v) is 5.52. The first-order chi connectivity index (χ1) is 16.3. The molecule has 0 saturated carbocycles. The summed E-state index contributed by atoms with van der Waals surface area (Å²) < 4.78 is 52.1. The Hall–Kier alpha value is -3.93. The van der Waals surface area contributed by atoms with Crippen LogP contribution in [0.15, 0.2) is 53.6 Å². The van der Waals surface area contributed by atoms with E-state index in [4.69, 9.17) is 9.47 Å². The van der Waals surface area contributed by atoms with E-state index in [0.717, 1.165) is 6.07 Å². The van der Waals surface area contributed by atoms with E-state index < -0.39 is 24.3 Å². The Morgan fingerprint density at radius 1 is 1.18 bits per heavy atom. The molecular weight excluding hydrogens is 473 g/mol. The van der Waals surface area contributed by atoms with Gasteiger partial charge in [-0.15, -0.1) is 0 Å². The van der Waals surface area contributed by atoms with Crippen LogP contribution in [0.2, 0.25) is 0 Å². The number of nitrogens with one attached hydrogen (secondary N) is 1. The number of rotatable bonds is 7. The van der Waals surface area contributed by atoms with E-state index >= 15 is 0 Å². The van der Waals surface area contributed by atoms with Crippen molar-refractivity contribution in [3.8, 4) is 11.5 Å². The number of amides is 1. The highest BCUT2D eigenvalue weighted by molar-refractivity contribution is 7.15. The summed E-state index contributed by atoms with van der Waals surface area (Å²) >= 11 is 1.18. The Bertz CT molecular complexity index is 1450. The number of fused-ring (bicyclic) bond motifs is 1. The molecule has 1 N–H and O–H groups in total. The van der Waals surface area contributed by atoms with Crippen molar-refractivity contribution in [1.29, 1.82) is 0 Å². The molecule has 0 aliphatic heterocycles. The summed E-state index contributed by atoms with van der Waals surface area (Å²) in [6, 6.07) is 9.52. The van der Waals surface area contributed by atoms with Gasteiger partial charge >= 0.3 is 6.18 Å². The van der Waals surface area contributed by atoms with Crippen molar-refractivity contribution >= 4 is 34.0 Å². The Kier molecular flexibility index (Phi) is 6.50. The predicted octanol–water partition coefficient (Wildman–Crippen LogP) is 3.13. The second-order valence-electron chi connectivity index (χ2n) is 6.89. The van der Waals surface area contributed by atoms with Gasteiger partial charge in [0.05, 0.1) is 22.4 Å². The molecule has 4 aromatic rings. The van der Waals surface area contributed by atoms with E-state index in [2.05, 4.69) is 15.4 Å². The summed E-state index contributed by atoms with van der Waals surface area (Å²) in [5.74, 6) is -0.227. The smallest absolute Gasteiger partial charge is 0.418 e. The number of alkyl halides is 3. The molecule has 34 heavy (non-hydrogen) atoms. The molecule has 1 amide bonds. The van der Waals surface area contributed by atoms with Crippen LogP contribution >= 0.6 is 11.3 Å². The minimum atomic E-state index is -4.61. The second-order valence-corrected chi connectivity index (χ2v) is 7.90. The minimum absolute atomic E-state index is 0.225. The fraction of sp³-hybridized carbons (Fsp3) is 0.182. The van der Waals surface area contributed by atoms with E-state index in [9.17, 15) is 22.8 Å². The maximum absolute atomic E-state index is 13.1. The van der Waals surface area contributed by atoms with Gasteiger partial charge in [0.25, 0.3) is 11.5 Å². The first-order valence-corrected chi connectivity index (χ1v) is 10.8. The monoisotopic (exact) mass is 490 g/mol. The molecular formula is C22H17F3N4O4S. The zero-order chi connectivity index (χ0) is 24.3. The highest BCUT2D eigenvalue weighted by Gasteiger charge is 2.33. The third-order valence-electron chi connectivity index (χ3n) is 4.55. The van der Waals surface area contributed by atoms with Crippen LogP contribution in [0.1, 0.15) is 18.1 Å². The van der Waals surface area contributed by atoms with Crippen molar-refractivity contribution in [1.82, 2.24) is 14.6 Å². The Balaban J connectivity index is 1.51. The van der Waals surface area contributed by atoms with Gasteiger partial charge < -0.3 is 14.8 Å². The highest BCUT2D eigenvalue weighted by Crippen LogP contribution is 2.34. The molecule has 2 aromatic carbocycles. The molecule has 0 saturated heterocycles. The fourth-order valence-electron chi connectivity index (χ4n) is 3.10. The number of anilines is 1. The first-order valence-electron chi connectivity index (χ1n) is 9.96. The number of aromatic nitrogens is 3. The van der Waals surface area contributed by atoms with Crippen molar-refractivity contribution in [2.24, 2.45) is 0 Å². The maximum atomic E-state index is 13.1. The van der Waals surface area contributed by atoms with E-state index in [-0.39, 0.29) is 17.0 Å². The second kappa shape index (κ2) is 9.51. The Morgan fingerprint density at radius 2 is 1.97 bits per heavy atom. The number of benzene rings is 2. The van der Waals surface area contributed by atoms with Gasteiger partial charge in [0, 0.05) is 0 Å². The third kappa shape index (κ3) is 5.01. The fourth-order valence-corrected chi connectivity index (χ4v) is 3.98. The maximum Gasteiger partial charge on any atom is 0.418 e. The van der Waals surface area contributed by atoms with Crippen molar-refractivity contribution in [3.05, 3.63) is 74.8 Å². The van der Waals surface area contributed by atoms with Gasteiger partial charge in [-0.25, -0.2) is 4.98 Å². The van der Waals surface area contributed by atoms with Gasteiger partial charge in [0.1, 0.15) is 6.33 Å². The first kappa shape index (κ1) is 23.2. The number of para-hydroxylation sites is 1. The Morgan fingerprint density at radius 3 is 2.71 bits per heavy atom. The number of thiazole rings is 1. The molecule has 0 atom stereocenters. The topological polar surface area (TPSA) is 94.8 Å². The number of carbonyl (C=O) groups is 1. The molecule has 0 spiro atoms. The normalized spacial score (nSPS) is 12.2. The number of nitrogens with zero attached hydrogens (tertiary/aromatic N) is 3. The van der Waals surface area contributed by atoms with Crippen LogP contribution in [0, 0.1) is 0 Å². The molecule has 0 aliphatic carbocycles. The summed E-state index contributed by atoms with van der Waals surface area (Å²) in [6.45, 7) is 1.53. The predicted molar refractivity (Wildman–Crippen MR) is 119 cm³/mol. The van der Waals surface area contributed by atoms with Crippen molar-refractivity contribution in [3.63, 3.8) is 0 Å². The van der Waals surface area contributed by atoms with Gasteiger partial charge in [0.2, 0.25) is 4.96 Å². The average molecular weight is 490 g/mol. The molecule has 0 radical (unpaired) electrons. The molecule has 4 rings (SSSR count). The van der Waals surface area contributed by atoms with Crippen LogP contribution < -0.4 is 24.9 Å². The highest BCUT2D eigenvalue weighted by atomic mass is 32.1. The number of carbonyl (C=O) groups excluding carboxylic acids is 1. The van der Waals surface area contributed by atoms with Crippen LogP contribution in [0.5, 0.6) is 11.5 Å². The largest absolute Gasteiger partial charge is 0.490 e. The van der Waals surface area contributed by atoms with Gasteiger partial charge in [-0.2, -0.15) is 22.8 Å². The lowest BCUT2D eigenvalue weighted by molar-refractivity contribution is -0.137. The van der Waals surface area contributed by atoms with Crippen LogP contribution in [-0.4, -0.2) is 33.7 Å². The molecule has 0 fully saturated rings. The van der Waals surface area contributed by atoms with E-state index in [1.165, 1.54) is 40.4 Å². The minimum Gasteiger partial charge on any atom is -0.490 e. The average Bonchev–Trinajstić information content (AvgIpc) is 3.36. The summed E-state index contributed by atoms with van der Waals surface area (Å²) in [7, 11) is 0. The molecule has 0 bridgehead atoms. The van der Waals surface area contributed by atoms with Crippen molar-refractivity contribution < 1.29 is 27.4 Å². The molecule has 0 unspecified atom stereocenters. The Labute approximate surface area is 194 Å². The zero-order valence-corrected chi connectivity index (χ0v) is 18.4. The molecule has 2 heterocycles. The molecule has 0 aliphatic rings. The van der Waals surface area contributed by atoms with Gasteiger partial charge in [0.15, 0.2) is 18.1 Å². The lowest BCUT2D eigenvalue weighted by atomic mass is 10.1. The molecule has 176 valence electrons. The number of hydrogen-bond donors (Lipinski definition) is 1. The van der Waals surface area contributed by atoms with Crippen LogP contribution in [-0.2, 0) is 11.0 Å². The van der Waals surface area contributed by atoms with E-state index in [1.807, 2.05) is 0 Å². The zero-order valence-electron chi connectivity index (χ0n) is 17.6. The lowest BCUT2D eigenvalue weighted by Crippen LogP contribution is -2.23. The standard InChI is InChI=1S/C22H17F3N4O4S/c1-2-32-17-9-13(10-18-20(31)29-21(34-18)26-12-27-29)7-8-16(17)33-11-19(30)28-15-6-4-3-5-14(15)22(23,24)25/h3-10,12H,2,11H2,1H3,(H,28,30)/b18-10-. The lowest BCUT2D eigenvalue weighted by Gasteiger charge is -2.15. The summed E-state index contributed by atoms with van der Waals surface area (Å²) in [4.78, 5) is 29.1.